The van der Waals surface area contributed by atoms with Crippen molar-refractivity contribution in [3.05, 3.63) is 233 Å². The topological polar surface area (TPSA) is 117 Å². The maximum atomic E-state index is 15.6. The maximum absolute atomic E-state index is 15.6. The largest absolute Gasteiger partial charge is 0.416 e. The summed E-state index contributed by atoms with van der Waals surface area (Å²) in [5, 5.41) is -2.39. The van der Waals surface area contributed by atoms with Gasteiger partial charge in [0.15, 0.2) is 10.3 Å². The van der Waals surface area contributed by atoms with E-state index in [9.17, 15) is 58.4 Å². The lowest BCUT2D eigenvalue weighted by Crippen LogP contribution is -2.42. The molecule has 0 radical (unpaired) electrons. The minimum Gasteiger partial charge on any atom is -0.333 e. The van der Waals surface area contributed by atoms with E-state index in [1.54, 1.807) is 0 Å². The Morgan fingerprint density at radius 2 is 1.11 bits per heavy atom. The molecule has 6 aromatic carbocycles. The van der Waals surface area contributed by atoms with Gasteiger partial charge in [0.25, 0.3) is 11.1 Å². The Kier molecular flexibility index (Phi) is 12.7. The summed E-state index contributed by atoms with van der Waals surface area (Å²) in [6.07, 6.45) is -21.6. The first-order chi connectivity index (χ1) is 61.3. The number of rotatable bonds is 26. The van der Waals surface area contributed by atoms with Crippen molar-refractivity contribution < 1.29 is 98.2 Å². The van der Waals surface area contributed by atoms with Crippen molar-refractivity contribution in [2.24, 2.45) is 0 Å². The molecule has 0 aliphatic heterocycles. The second-order valence-electron chi connectivity index (χ2n) is 20.3. The van der Waals surface area contributed by atoms with Gasteiger partial charge in [-0.2, -0.15) is 36.3 Å². The number of halogens is 8. The Morgan fingerprint density at radius 3 is 1.67 bits per heavy atom. The van der Waals surface area contributed by atoms with E-state index in [4.69, 9.17) is 39.8 Å². The van der Waals surface area contributed by atoms with E-state index < -0.39 is 303 Å². The van der Waals surface area contributed by atoms with Crippen LogP contribution >= 0.6 is 23.5 Å². The Morgan fingerprint density at radius 1 is 0.588 bits per heavy atom. The smallest absolute Gasteiger partial charge is 0.333 e. The summed E-state index contributed by atoms with van der Waals surface area (Å²) in [7, 11) is 0. The molecule has 514 valence electrons. The average molecular weight is 1410 g/mol. The van der Waals surface area contributed by atoms with Crippen molar-refractivity contribution in [3.8, 4) is 22.3 Å². The number of likely N-dealkylation sites (N-methyl/N-ethyl adjacent to an activating group) is 2. The first kappa shape index (κ1) is 37.3. The van der Waals surface area contributed by atoms with Crippen molar-refractivity contribution >= 4 is 35.3 Å². The highest BCUT2D eigenvalue weighted by Gasteiger charge is 2.34. The van der Waals surface area contributed by atoms with Crippen LogP contribution in [0.2, 0.25) is 0 Å². The first-order valence-electron chi connectivity index (χ1n) is 48.3. The highest BCUT2D eigenvalue weighted by Crippen LogP contribution is 2.37. The maximum Gasteiger partial charge on any atom is 0.416 e. The van der Waals surface area contributed by atoms with Crippen LogP contribution in [-0.2, 0) is 71.9 Å². The van der Waals surface area contributed by atoms with Crippen molar-refractivity contribution in [2.75, 3.05) is 52.1 Å². The molecule has 2 aromatic heterocycles. The molecule has 0 saturated carbocycles. The number of alkyl halides is 6. The van der Waals surface area contributed by atoms with E-state index in [-0.39, 0.29) is 74.3 Å². The molecule has 0 saturated heterocycles. The predicted molar refractivity (Wildman–Crippen MR) is 367 cm³/mol. The second kappa shape index (κ2) is 33.1. The number of benzene rings is 6. The van der Waals surface area contributed by atoms with Crippen molar-refractivity contribution in [1.82, 2.24) is 38.7 Å². The van der Waals surface area contributed by atoms with Gasteiger partial charge in [-0.05, 0) is 178 Å². The number of hydrogen-bond donors (Lipinski definition) is 0. The SMILES string of the molecule is [2H]C([2H])(Sc1nc(=O)c2c(n1C([2H])([2H])C(=O)N(C([2H])(C)c1ccc(-c3ccc(C(F)(F)F)cc3)cc1)C([2H])([2H])C([2H])([2H])N(C([2H])([2H])C)C([2H])([2H])C)CCC2)c1ccc(F)cc1.[2H]c1c([2H])c(C([2H])([2H])Sc2nc(=O)c3c(n2C([2H])([2H])C(=O)N(C([2H])(C)c2c([2H])c([2H])c(-c4c([2H])c([2H])c(C(F)(F)F)c(C)c4[2H])c([2H])c2[2H])C([2H])([2H])C([2H])([2H])N(CC)CC)C([2H])([2H])C([2H])([2H])C3([2H])[2H])c([2H])c([2H])c1F. The fourth-order valence-corrected chi connectivity index (χ4v) is 10.4. The Balaban J connectivity index is 0.000000311. The number of fused-ring (bicyclic) bond motifs is 2. The van der Waals surface area contributed by atoms with E-state index in [0.717, 1.165) is 69.3 Å². The number of aromatic nitrogens is 4. The number of amides is 2. The van der Waals surface area contributed by atoms with Gasteiger partial charge in [0.05, 0.1) is 51.9 Å². The molecule has 10 rings (SSSR count). The van der Waals surface area contributed by atoms with Crippen LogP contribution in [0.15, 0.2) is 159 Å². The normalized spacial score (nSPS) is 23.0. The monoisotopic (exact) mass is 1410 g/mol. The van der Waals surface area contributed by atoms with Gasteiger partial charge in [-0.3, -0.25) is 19.2 Å². The fourth-order valence-electron chi connectivity index (χ4n) is 9.05. The van der Waals surface area contributed by atoms with Gasteiger partial charge in [-0.25, -0.2) is 8.78 Å². The van der Waals surface area contributed by atoms with Gasteiger partial charge < -0.3 is 28.7 Å². The lowest BCUT2D eigenvalue weighted by atomic mass is 9.97. The van der Waals surface area contributed by atoms with Gasteiger partial charge in [0.1, 0.15) is 24.6 Å². The lowest BCUT2D eigenvalue weighted by molar-refractivity contribution is -0.138. The zero-order chi connectivity index (χ0) is 104. The van der Waals surface area contributed by atoms with Gasteiger partial charge in [0.2, 0.25) is 11.8 Å². The number of hydrogen-bond acceptors (Lipinski definition) is 10. The Labute approximate surface area is 624 Å². The number of thioether (sulfide) groups is 2. The lowest BCUT2D eigenvalue weighted by Gasteiger charge is -2.33. The number of carbonyl (C=O) groups excluding carboxylic acids is 2. The molecule has 22 heteroatoms. The van der Waals surface area contributed by atoms with Gasteiger partial charge in [-0.1, -0.05) is 148 Å². The summed E-state index contributed by atoms with van der Waals surface area (Å²) in [6, 6.07) is -9.55. The average Bonchev–Trinajstić information content (AvgIpc) is 1.45. The highest BCUT2D eigenvalue weighted by molar-refractivity contribution is 7.98. The van der Waals surface area contributed by atoms with Gasteiger partial charge >= 0.3 is 12.4 Å². The zero-order valence-electron chi connectivity index (χ0n) is 91.0. The highest BCUT2D eigenvalue weighted by atomic mass is 32.2. The molecule has 2 amide bonds. The molecular weight excluding hydrogens is 1290 g/mol. The Hall–Kier alpha value is -7.92. The fraction of sp³-hybridized carbons (Fsp3) is 0.387. The summed E-state index contributed by atoms with van der Waals surface area (Å²) in [5.74, 6) is -7.17. The van der Waals surface area contributed by atoms with Crippen LogP contribution in [0, 0.1) is 18.6 Å². The van der Waals surface area contributed by atoms with Crippen LogP contribution in [-0.4, -0.2) is 103 Å². The van der Waals surface area contributed by atoms with E-state index in [1.807, 2.05) is 0 Å². The number of nitrogens with zero attached hydrogens (tertiary/aromatic N) is 8. The zero-order valence-corrected chi connectivity index (χ0v) is 53.6. The molecule has 97 heavy (non-hydrogen) atoms. The van der Waals surface area contributed by atoms with Crippen LogP contribution in [0.4, 0.5) is 35.1 Å². The molecule has 0 bridgehead atoms. The Bertz CT molecular complexity index is 6090. The van der Waals surface area contributed by atoms with E-state index >= 15 is 9.59 Å². The molecule has 2 heterocycles. The molecular formula is C75H82F8N8O4S2. The standard InChI is InChI=1S/C38H42F4N4O2S.C37H40F4N4O2S/c1-5-44(6-2)20-21-45(26(4)28-12-14-29(15-13-28)30-16-19-33(25(3)22-30)38(40,41)42)35(47)23-46-34-9-7-8-32(34)36(48)43-37(46)49-24-27-10-17-31(39)18-11-27;1-4-43(5-2)21-22-44(25(3)27-11-13-28(14-12-27)29-15-17-30(18-16-29)37(39,40)41)34(46)23-45-33-8-6-7-32(33)35(47)42-36(45)48-24-26-9-19-31(38)20-10-26/h10-19,22,26H,5-9,20-21,23-24H2,1-4H3;9-20,25H,4-8,21-24H2,1-3H3/i7D2,8D2,9D2,10D,11D,12D,13D,14D,15D,16D,17D,18D,19D,20D2,21D2,22D,23D2,24D2,26D;4D2,5D2,21D2,22D2,23D2,24D2,25D. The third-order valence-electron chi connectivity index (χ3n) is 14.1. The van der Waals surface area contributed by atoms with E-state index in [1.165, 1.54) is 38.1 Å². The minimum absolute atomic E-state index is 0.0507. The molecule has 0 fully saturated rings. The summed E-state index contributed by atoms with van der Waals surface area (Å²) >= 11 is -0.482. The van der Waals surface area contributed by atoms with E-state index in [2.05, 4.69) is 9.97 Å². The molecule has 2 aliphatic carbocycles. The van der Waals surface area contributed by atoms with Crippen molar-refractivity contribution in [1.29, 1.82) is 0 Å². The summed E-state index contributed by atoms with van der Waals surface area (Å²) in [5.41, 5.74) is -21.4. The van der Waals surface area contributed by atoms with Gasteiger partial charge in [-0.15, -0.1) is 0 Å². The van der Waals surface area contributed by atoms with E-state index in [0.29, 0.717) is 23.3 Å². The molecule has 2 aliphatic rings. The molecule has 8 aromatic rings. The van der Waals surface area contributed by atoms with Crippen LogP contribution in [0.25, 0.3) is 22.3 Å². The minimum atomic E-state index is -5.32. The summed E-state index contributed by atoms with van der Waals surface area (Å²) < 4.78 is 455. The third kappa shape index (κ3) is 18.6. The predicted octanol–water partition coefficient (Wildman–Crippen LogP) is 15.9. The van der Waals surface area contributed by atoms with Gasteiger partial charge in [0, 0.05) is 84.6 Å². The number of carbonyl (C=O) groups is 2. The molecule has 0 N–H and O–H groups in total. The van der Waals surface area contributed by atoms with Crippen LogP contribution in [0.1, 0.15) is 181 Å². The molecule has 2 unspecified atom stereocenters. The first-order valence-corrected chi connectivity index (χ1v) is 30.5. The van der Waals surface area contributed by atoms with Crippen LogP contribution < -0.4 is 11.1 Å². The quantitative estimate of drug-likeness (QED) is 0.0295. The summed E-state index contributed by atoms with van der Waals surface area (Å²) in [6.45, 7) is -25.2. The van der Waals surface area contributed by atoms with Crippen LogP contribution in [0.3, 0.4) is 0 Å². The molecule has 0 spiro atoms. The summed E-state index contributed by atoms with van der Waals surface area (Å²) in [4.78, 5) is 65.0. The van der Waals surface area contributed by atoms with Crippen LogP contribution in [0.5, 0.6) is 0 Å². The second-order valence-corrected chi connectivity index (χ2v) is 21.8. The van der Waals surface area contributed by atoms with Crippen molar-refractivity contribution in [2.45, 2.75) is 146 Å². The molecule has 2 atom stereocenters. The third-order valence-corrected chi connectivity index (χ3v) is 15.7. The molecule has 12 nitrogen and oxygen atoms in total. The van der Waals surface area contributed by atoms with Crippen molar-refractivity contribution in [3.63, 3.8) is 0 Å².